The van der Waals surface area contributed by atoms with Crippen molar-refractivity contribution in [3.8, 4) is 6.19 Å². The third-order valence-electron chi connectivity index (χ3n) is 1.65. The Bertz CT molecular complexity index is 286. The zero-order valence-corrected chi connectivity index (χ0v) is 8.30. The fourth-order valence-electron chi connectivity index (χ4n) is 0.932. The van der Waals surface area contributed by atoms with E-state index in [-0.39, 0.29) is 6.04 Å². The molecule has 0 aromatic heterocycles. The van der Waals surface area contributed by atoms with Crippen LogP contribution >= 0.6 is 15.9 Å². The Morgan fingerprint density at radius 1 is 1.42 bits per heavy atom. The minimum atomic E-state index is 0.0862. The topological polar surface area (TPSA) is 35.8 Å². The molecule has 0 unspecified atom stereocenters. The summed E-state index contributed by atoms with van der Waals surface area (Å²) in [6.07, 6.45) is 1.92. The highest BCUT2D eigenvalue weighted by atomic mass is 79.9. The minimum absolute atomic E-state index is 0.0862. The Balaban J connectivity index is 2.76. The summed E-state index contributed by atoms with van der Waals surface area (Å²) >= 11 is 3.35. The van der Waals surface area contributed by atoms with E-state index in [1.807, 2.05) is 37.4 Å². The van der Waals surface area contributed by atoms with Gasteiger partial charge in [-0.15, -0.1) is 0 Å². The summed E-state index contributed by atoms with van der Waals surface area (Å²) in [4.78, 5) is 0. The average molecular weight is 225 g/mol. The van der Waals surface area contributed by atoms with Crippen molar-refractivity contribution in [1.29, 1.82) is 5.26 Å². The summed E-state index contributed by atoms with van der Waals surface area (Å²) in [5.74, 6) is 0. The molecule has 0 aliphatic heterocycles. The molecule has 1 atom stereocenters. The van der Waals surface area contributed by atoms with E-state index in [1.165, 1.54) is 0 Å². The molecule has 0 saturated heterocycles. The first-order valence-corrected chi connectivity index (χ1v) is 4.43. The molecule has 0 spiro atoms. The maximum absolute atomic E-state index is 8.38. The molecule has 0 aliphatic carbocycles. The van der Waals surface area contributed by atoms with Crippen molar-refractivity contribution in [3.63, 3.8) is 0 Å². The molecule has 0 bridgehead atoms. The molecule has 3 heteroatoms. The molecular formula is C9H9BrN2. The van der Waals surface area contributed by atoms with Crippen molar-refractivity contribution >= 4 is 15.9 Å². The van der Waals surface area contributed by atoms with E-state index < -0.39 is 0 Å². The third-order valence-corrected chi connectivity index (χ3v) is 2.18. The Labute approximate surface area is 80.3 Å². The SMILES string of the molecule is C[C@@H](NC#N)c1ccc(Br)cc1. The van der Waals surface area contributed by atoms with Gasteiger partial charge in [-0.3, -0.25) is 0 Å². The van der Waals surface area contributed by atoms with Crippen LogP contribution in [0.2, 0.25) is 0 Å². The van der Waals surface area contributed by atoms with Crippen molar-refractivity contribution in [2.24, 2.45) is 0 Å². The number of halogens is 1. The largest absolute Gasteiger partial charge is 0.317 e. The third kappa shape index (κ3) is 2.24. The molecule has 1 N–H and O–H groups in total. The van der Waals surface area contributed by atoms with Crippen LogP contribution in [-0.4, -0.2) is 0 Å². The smallest absolute Gasteiger partial charge is 0.177 e. The standard InChI is InChI=1S/C9H9BrN2/c1-7(12-6-11)8-2-4-9(10)5-3-8/h2-5,7,12H,1H3/t7-/m1/s1. The maximum atomic E-state index is 8.38. The zero-order valence-electron chi connectivity index (χ0n) is 6.71. The highest BCUT2D eigenvalue weighted by molar-refractivity contribution is 9.10. The van der Waals surface area contributed by atoms with Crippen LogP contribution in [0, 0.1) is 11.5 Å². The van der Waals surface area contributed by atoms with Gasteiger partial charge in [0.05, 0.1) is 6.04 Å². The molecule has 0 amide bonds. The molecule has 0 heterocycles. The number of nitrogens with zero attached hydrogens (tertiary/aromatic N) is 1. The maximum Gasteiger partial charge on any atom is 0.177 e. The van der Waals surface area contributed by atoms with E-state index >= 15 is 0 Å². The van der Waals surface area contributed by atoms with E-state index in [1.54, 1.807) is 0 Å². The first kappa shape index (κ1) is 9.08. The van der Waals surface area contributed by atoms with Crippen molar-refractivity contribution < 1.29 is 0 Å². The number of nitriles is 1. The minimum Gasteiger partial charge on any atom is -0.317 e. The van der Waals surface area contributed by atoms with Gasteiger partial charge in [-0.1, -0.05) is 28.1 Å². The lowest BCUT2D eigenvalue weighted by atomic mass is 10.1. The van der Waals surface area contributed by atoms with Gasteiger partial charge in [0.25, 0.3) is 0 Å². The van der Waals surface area contributed by atoms with Gasteiger partial charge in [-0.2, -0.15) is 5.26 Å². The number of rotatable bonds is 2. The first-order valence-electron chi connectivity index (χ1n) is 3.64. The van der Waals surface area contributed by atoms with Crippen LogP contribution in [-0.2, 0) is 0 Å². The van der Waals surface area contributed by atoms with Gasteiger partial charge in [-0.25, -0.2) is 0 Å². The van der Waals surface area contributed by atoms with Gasteiger partial charge in [0.15, 0.2) is 6.19 Å². The molecule has 1 rings (SSSR count). The monoisotopic (exact) mass is 224 g/mol. The summed E-state index contributed by atoms with van der Waals surface area (Å²) in [5.41, 5.74) is 1.11. The molecule has 2 nitrogen and oxygen atoms in total. The molecular weight excluding hydrogens is 216 g/mol. The molecule has 12 heavy (non-hydrogen) atoms. The highest BCUT2D eigenvalue weighted by Crippen LogP contribution is 2.15. The molecule has 1 aromatic carbocycles. The van der Waals surface area contributed by atoms with Crippen LogP contribution in [0.4, 0.5) is 0 Å². The van der Waals surface area contributed by atoms with Gasteiger partial charge in [0.2, 0.25) is 0 Å². The average Bonchev–Trinajstić information content (AvgIpc) is 2.06. The van der Waals surface area contributed by atoms with Gasteiger partial charge in [-0.05, 0) is 24.6 Å². The lowest BCUT2D eigenvalue weighted by molar-refractivity contribution is 0.697. The van der Waals surface area contributed by atoms with Crippen LogP contribution in [0.3, 0.4) is 0 Å². The molecule has 62 valence electrons. The van der Waals surface area contributed by atoms with Crippen molar-refractivity contribution in [3.05, 3.63) is 34.3 Å². The fraction of sp³-hybridized carbons (Fsp3) is 0.222. The molecule has 0 aliphatic rings. The molecule has 0 fully saturated rings. The predicted molar refractivity (Wildman–Crippen MR) is 51.3 cm³/mol. The van der Waals surface area contributed by atoms with Gasteiger partial charge >= 0.3 is 0 Å². The molecule has 0 radical (unpaired) electrons. The van der Waals surface area contributed by atoms with E-state index in [0.29, 0.717) is 0 Å². The number of hydrogen-bond donors (Lipinski definition) is 1. The Kier molecular flexibility index (Phi) is 3.12. The van der Waals surface area contributed by atoms with E-state index in [4.69, 9.17) is 5.26 Å². The molecule has 1 aromatic rings. The van der Waals surface area contributed by atoms with Gasteiger partial charge in [0, 0.05) is 4.47 Å². The second-order valence-corrected chi connectivity index (χ2v) is 3.45. The summed E-state index contributed by atoms with van der Waals surface area (Å²) in [5, 5.41) is 11.1. The fourth-order valence-corrected chi connectivity index (χ4v) is 1.20. The van der Waals surface area contributed by atoms with E-state index in [2.05, 4.69) is 21.2 Å². The van der Waals surface area contributed by atoms with Crippen LogP contribution in [0.25, 0.3) is 0 Å². The Hall–Kier alpha value is -1.01. The second kappa shape index (κ2) is 4.13. The normalized spacial score (nSPS) is 11.8. The quantitative estimate of drug-likeness (QED) is 0.620. The highest BCUT2D eigenvalue weighted by Gasteiger charge is 2.01. The van der Waals surface area contributed by atoms with E-state index in [9.17, 15) is 0 Å². The Morgan fingerprint density at radius 2 is 2.00 bits per heavy atom. The van der Waals surface area contributed by atoms with Crippen molar-refractivity contribution in [1.82, 2.24) is 5.32 Å². The first-order chi connectivity index (χ1) is 5.74. The number of nitrogens with one attached hydrogen (secondary N) is 1. The van der Waals surface area contributed by atoms with Crippen molar-refractivity contribution in [2.75, 3.05) is 0 Å². The summed E-state index contributed by atoms with van der Waals surface area (Å²) in [7, 11) is 0. The lowest BCUT2D eigenvalue weighted by Gasteiger charge is -2.08. The number of hydrogen-bond acceptors (Lipinski definition) is 2. The van der Waals surface area contributed by atoms with Crippen LogP contribution in [0.15, 0.2) is 28.7 Å². The van der Waals surface area contributed by atoms with Gasteiger partial charge in [0.1, 0.15) is 0 Å². The van der Waals surface area contributed by atoms with Crippen LogP contribution < -0.4 is 5.32 Å². The second-order valence-electron chi connectivity index (χ2n) is 2.53. The molecule has 0 saturated carbocycles. The Morgan fingerprint density at radius 3 is 2.50 bits per heavy atom. The van der Waals surface area contributed by atoms with Gasteiger partial charge < -0.3 is 5.32 Å². The number of benzene rings is 1. The van der Waals surface area contributed by atoms with E-state index in [0.717, 1.165) is 10.0 Å². The summed E-state index contributed by atoms with van der Waals surface area (Å²) < 4.78 is 1.05. The summed E-state index contributed by atoms with van der Waals surface area (Å²) in [6, 6.07) is 7.98. The van der Waals surface area contributed by atoms with Crippen LogP contribution in [0.5, 0.6) is 0 Å². The van der Waals surface area contributed by atoms with Crippen LogP contribution in [0.1, 0.15) is 18.5 Å². The predicted octanol–water partition coefficient (Wildman–Crippen LogP) is 2.58. The van der Waals surface area contributed by atoms with Crippen molar-refractivity contribution in [2.45, 2.75) is 13.0 Å². The zero-order chi connectivity index (χ0) is 8.97. The summed E-state index contributed by atoms with van der Waals surface area (Å²) in [6.45, 7) is 1.95. The lowest BCUT2D eigenvalue weighted by Crippen LogP contribution is -2.11.